The van der Waals surface area contributed by atoms with E-state index in [1.165, 1.54) is 4.57 Å². The zero-order valence-electron chi connectivity index (χ0n) is 12.3. The fourth-order valence-electron chi connectivity index (χ4n) is 2.70. The lowest BCUT2D eigenvalue weighted by atomic mass is 10.3. The van der Waals surface area contributed by atoms with Crippen molar-refractivity contribution < 1.29 is 0 Å². The normalized spacial score (nSPS) is 17.6. The minimum Gasteiger partial charge on any atom is -0.335 e. The first-order valence-electron chi connectivity index (χ1n) is 7.21. The highest BCUT2D eigenvalue weighted by Crippen LogP contribution is 2.09. The predicted molar refractivity (Wildman–Crippen MR) is 79.3 cm³/mol. The summed E-state index contributed by atoms with van der Waals surface area (Å²) in [6.45, 7) is 7.99. The summed E-state index contributed by atoms with van der Waals surface area (Å²) in [7, 11) is 1.60. The van der Waals surface area contributed by atoms with Gasteiger partial charge in [0, 0.05) is 33.2 Å². The fraction of sp³-hybridized carbons (Fsp3) is 0.615. The molecule has 1 aliphatic heterocycles. The number of aryl methyl sites for hydroxylation is 1. The van der Waals surface area contributed by atoms with E-state index in [2.05, 4.69) is 31.7 Å². The number of aromatic amines is 2. The first-order chi connectivity index (χ1) is 10.1. The molecule has 1 saturated heterocycles. The lowest BCUT2D eigenvalue weighted by Crippen LogP contribution is -2.45. The molecule has 3 heterocycles. The predicted octanol–water partition coefficient (Wildman–Crippen LogP) is -0.913. The summed E-state index contributed by atoms with van der Waals surface area (Å²) in [4.78, 5) is 37.8. The number of likely N-dealkylation sites (N-methyl/N-ethyl adjacent to an activating group) is 1. The van der Waals surface area contributed by atoms with Crippen LogP contribution in [0.2, 0.25) is 0 Å². The van der Waals surface area contributed by atoms with Crippen LogP contribution in [0.1, 0.15) is 12.7 Å². The topological polar surface area (TPSA) is 90.0 Å². The number of fused-ring (bicyclic) bond motifs is 1. The van der Waals surface area contributed by atoms with Crippen LogP contribution in [0.5, 0.6) is 0 Å². The smallest absolute Gasteiger partial charge is 0.329 e. The van der Waals surface area contributed by atoms with Gasteiger partial charge < -0.3 is 9.88 Å². The largest absolute Gasteiger partial charge is 0.335 e. The molecule has 0 radical (unpaired) electrons. The highest BCUT2D eigenvalue weighted by molar-refractivity contribution is 5.69. The first kappa shape index (κ1) is 14.0. The summed E-state index contributed by atoms with van der Waals surface area (Å²) >= 11 is 0. The monoisotopic (exact) mass is 292 g/mol. The van der Waals surface area contributed by atoms with E-state index in [0.717, 1.165) is 38.5 Å². The molecular formula is C13H20N6O2. The van der Waals surface area contributed by atoms with Crippen molar-refractivity contribution in [1.82, 2.24) is 29.3 Å². The van der Waals surface area contributed by atoms with Crippen LogP contribution in [-0.4, -0.2) is 62.0 Å². The maximum Gasteiger partial charge on any atom is 0.329 e. The average Bonchev–Trinajstić information content (AvgIpc) is 2.90. The van der Waals surface area contributed by atoms with Crippen LogP contribution in [0.3, 0.4) is 0 Å². The number of imidazole rings is 1. The molecule has 2 aromatic rings. The second-order valence-electron chi connectivity index (χ2n) is 5.41. The highest BCUT2D eigenvalue weighted by Gasteiger charge is 2.18. The van der Waals surface area contributed by atoms with Crippen LogP contribution < -0.4 is 11.2 Å². The van der Waals surface area contributed by atoms with Crippen molar-refractivity contribution in [3.05, 3.63) is 26.7 Å². The minimum absolute atomic E-state index is 0.360. The van der Waals surface area contributed by atoms with Crippen molar-refractivity contribution in [3.8, 4) is 0 Å². The van der Waals surface area contributed by atoms with E-state index in [-0.39, 0.29) is 0 Å². The molecule has 2 aromatic heterocycles. The molecule has 0 unspecified atom stereocenters. The molecule has 3 rings (SSSR count). The van der Waals surface area contributed by atoms with E-state index in [4.69, 9.17) is 0 Å². The van der Waals surface area contributed by atoms with Crippen molar-refractivity contribution >= 4 is 11.2 Å². The second kappa shape index (κ2) is 5.45. The van der Waals surface area contributed by atoms with Crippen LogP contribution in [0.15, 0.2) is 9.59 Å². The zero-order chi connectivity index (χ0) is 15.0. The van der Waals surface area contributed by atoms with Gasteiger partial charge in [0.05, 0.1) is 6.54 Å². The van der Waals surface area contributed by atoms with Gasteiger partial charge in [-0.25, -0.2) is 9.78 Å². The summed E-state index contributed by atoms with van der Waals surface area (Å²) in [5.74, 6) is 0.724. The van der Waals surface area contributed by atoms with E-state index < -0.39 is 11.2 Å². The molecular weight excluding hydrogens is 272 g/mol. The minimum atomic E-state index is -0.442. The van der Waals surface area contributed by atoms with Gasteiger partial charge in [0.25, 0.3) is 5.56 Å². The zero-order valence-corrected chi connectivity index (χ0v) is 12.3. The van der Waals surface area contributed by atoms with Gasteiger partial charge in [0.1, 0.15) is 11.3 Å². The van der Waals surface area contributed by atoms with E-state index in [0.29, 0.717) is 17.7 Å². The van der Waals surface area contributed by atoms with Crippen molar-refractivity contribution in [2.75, 3.05) is 32.7 Å². The first-order valence-corrected chi connectivity index (χ1v) is 7.21. The van der Waals surface area contributed by atoms with Gasteiger partial charge in [0.15, 0.2) is 5.65 Å². The summed E-state index contributed by atoms with van der Waals surface area (Å²) < 4.78 is 1.35. The van der Waals surface area contributed by atoms with Crippen molar-refractivity contribution in [2.24, 2.45) is 7.05 Å². The van der Waals surface area contributed by atoms with Crippen molar-refractivity contribution in [1.29, 1.82) is 0 Å². The maximum atomic E-state index is 11.8. The van der Waals surface area contributed by atoms with Crippen LogP contribution in [0.4, 0.5) is 0 Å². The Balaban J connectivity index is 1.83. The number of H-pyrrole nitrogens is 2. The van der Waals surface area contributed by atoms with E-state index in [1.54, 1.807) is 7.05 Å². The summed E-state index contributed by atoms with van der Waals surface area (Å²) in [6, 6.07) is 0. The molecule has 114 valence electrons. The Labute approximate surface area is 121 Å². The van der Waals surface area contributed by atoms with Gasteiger partial charge >= 0.3 is 5.69 Å². The maximum absolute atomic E-state index is 11.8. The molecule has 8 heteroatoms. The van der Waals surface area contributed by atoms with Gasteiger partial charge in [0.2, 0.25) is 0 Å². The van der Waals surface area contributed by atoms with Crippen molar-refractivity contribution in [3.63, 3.8) is 0 Å². The number of nitrogens with one attached hydrogen (secondary N) is 2. The Hall–Kier alpha value is -1.93. The van der Waals surface area contributed by atoms with Crippen LogP contribution in [-0.2, 0) is 13.6 Å². The van der Waals surface area contributed by atoms with E-state index >= 15 is 0 Å². The van der Waals surface area contributed by atoms with Crippen LogP contribution in [0.25, 0.3) is 11.2 Å². The fourth-order valence-corrected chi connectivity index (χ4v) is 2.70. The SMILES string of the molecule is CCN1CCN(Cc2nc3c([nH]2)c(=O)[nH]c(=O)n3C)CC1. The third-order valence-corrected chi connectivity index (χ3v) is 4.09. The summed E-state index contributed by atoms with van der Waals surface area (Å²) in [5, 5.41) is 0. The second-order valence-corrected chi connectivity index (χ2v) is 5.41. The van der Waals surface area contributed by atoms with E-state index in [1.807, 2.05) is 0 Å². The molecule has 0 aliphatic carbocycles. The molecule has 2 N–H and O–H groups in total. The van der Waals surface area contributed by atoms with Gasteiger partial charge in [-0.15, -0.1) is 0 Å². The molecule has 0 saturated carbocycles. The summed E-state index contributed by atoms with van der Waals surface area (Å²) in [6.07, 6.45) is 0. The molecule has 1 aliphatic rings. The lowest BCUT2D eigenvalue weighted by molar-refractivity contribution is 0.130. The number of hydrogen-bond acceptors (Lipinski definition) is 5. The average molecular weight is 292 g/mol. The Morgan fingerprint density at radius 3 is 2.43 bits per heavy atom. The lowest BCUT2D eigenvalue weighted by Gasteiger charge is -2.33. The molecule has 0 spiro atoms. The molecule has 0 atom stereocenters. The Morgan fingerprint density at radius 1 is 1.10 bits per heavy atom. The molecule has 0 aromatic carbocycles. The third-order valence-electron chi connectivity index (χ3n) is 4.09. The molecule has 0 amide bonds. The standard InChI is InChI=1S/C13H20N6O2/c1-3-18-4-6-19(7-5-18)8-9-14-10-11(15-9)17(2)13(21)16-12(10)20/h3-8H2,1-2H3,(H,14,15)(H,16,20,21). The Morgan fingerprint density at radius 2 is 1.76 bits per heavy atom. The summed E-state index contributed by atoms with van der Waals surface area (Å²) in [5.41, 5.74) is -0.0880. The van der Waals surface area contributed by atoms with Crippen LogP contribution >= 0.6 is 0 Å². The number of rotatable bonds is 3. The Kier molecular flexibility index (Phi) is 3.64. The van der Waals surface area contributed by atoms with Gasteiger partial charge in [-0.1, -0.05) is 6.92 Å². The Bertz CT molecular complexity index is 750. The quantitative estimate of drug-likeness (QED) is 0.764. The van der Waals surface area contributed by atoms with E-state index in [9.17, 15) is 9.59 Å². The third kappa shape index (κ3) is 2.64. The van der Waals surface area contributed by atoms with Gasteiger partial charge in [-0.05, 0) is 6.54 Å². The molecule has 1 fully saturated rings. The molecule has 21 heavy (non-hydrogen) atoms. The molecule has 8 nitrogen and oxygen atoms in total. The highest BCUT2D eigenvalue weighted by atomic mass is 16.2. The molecule has 0 bridgehead atoms. The number of aromatic nitrogens is 4. The van der Waals surface area contributed by atoms with Crippen LogP contribution in [0, 0.1) is 0 Å². The van der Waals surface area contributed by atoms with Gasteiger partial charge in [-0.2, -0.15) is 0 Å². The number of hydrogen-bond donors (Lipinski definition) is 2. The number of piperazine rings is 1. The number of nitrogens with zero attached hydrogens (tertiary/aromatic N) is 4. The van der Waals surface area contributed by atoms with Gasteiger partial charge in [-0.3, -0.25) is 19.2 Å². The van der Waals surface area contributed by atoms with Crippen molar-refractivity contribution in [2.45, 2.75) is 13.5 Å².